The third-order valence-corrected chi connectivity index (χ3v) is 5.35. The van der Waals surface area contributed by atoms with Crippen LogP contribution in [0.4, 0.5) is 5.82 Å². The van der Waals surface area contributed by atoms with Gasteiger partial charge >= 0.3 is 0 Å². The van der Waals surface area contributed by atoms with Gasteiger partial charge in [-0.15, -0.1) is 0 Å². The summed E-state index contributed by atoms with van der Waals surface area (Å²) in [6, 6.07) is 29.5. The monoisotopic (exact) mass is 450 g/mol. The van der Waals surface area contributed by atoms with E-state index < -0.39 is 0 Å². The number of pyridine rings is 1. The Balaban J connectivity index is 1.98. The molecule has 0 fully saturated rings. The maximum atomic E-state index is 10.0. The predicted molar refractivity (Wildman–Crippen MR) is 122 cm³/mol. The summed E-state index contributed by atoms with van der Waals surface area (Å²) in [6.45, 7) is 0. The lowest BCUT2D eigenvalue weighted by molar-refractivity contribution is 1.29. The number of benzene rings is 3. The van der Waals surface area contributed by atoms with Crippen LogP contribution in [0.2, 0.25) is 0 Å². The van der Waals surface area contributed by atoms with Gasteiger partial charge in [0.2, 0.25) is 0 Å². The lowest BCUT2D eigenvalue weighted by Gasteiger charge is -2.14. The summed E-state index contributed by atoms with van der Waals surface area (Å²) in [5.41, 5.74) is 11.2. The van der Waals surface area contributed by atoms with Gasteiger partial charge in [0.1, 0.15) is 23.5 Å². The maximum Gasteiger partial charge on any atom is 0.142 e. The van der Waals surface area contributed by atoms with Crippen LogP contribution in [-0.2, 0) is 0 Å². The molecule has 0 saturated carbocycles. The molecule has 0 aliphatic rings. The topological polar surface area (TPSA) is 86.5 Å². The molecule has 142 valence electrons. The standard InChI is InChI=1S/C25H15BrN4/c26-20-11-9-16(10-12-20)18-7-4-8-19(13-18)23-21(14-27)24(17-5-2-1-3-6-17)30-25(29)22(23)15-28/h1-13H,(H2,29,30). The van der Waals surface area contributed by atoms with Crippen LogP contribution in [0.1, 0.15) is 11.1 Å². The zero-order chi connectivity index (χ0) is 21.1. The molecule has 1 heterocycles. The number of halogens is 1. The zero-order valence-electron chi connectivity index (χ0n) is 15.8. The van der Waals surface area contributed by atoms with Crippen molar-refractivity contribution in [3.05, 3.63) is 94.5 Å². The molecule has 0 amide bonds. The third kappa shape index (κ3) is 3.55. The fourth-order valence-electron chi connectivity index (χ4n) is 3.42. The van der Waals surface area contributed by atoms with Gasteiger partial charge < -0.3 is 5.73 Å². The number of nitrogen functional groups attached to an aromatic ring is 1. The van der Waals surface area contributed by atoms with Crippen LogP contribution >= 0.6 is 15.9 Å². The smallest absolute Gasteiger partial charge is 0.142 e. The van der Waals surface area contributed by atoms with E-state index in [0.29, 0.717) is 16.8 Å². The molecule has 4 nitrogen and oxygen atoms in total. The molecular formula is C25H15BrN4. The molecule has 2 N–H and O–H groups in total. The fourth-order valence-corrected chi connectivity index (χ4v) is 3.68. The van der Waals surface area contributed by atoms with Crippen LogP contribution in [0.25, 0.3) is 33.5 Å². The van der Waals surface area contributed by atoms with Crippen LogP contribution in [0, 0.1) is 22.7 Å². The van der Waals surface area contributed by atoms with E-state index in [0.717, 1.165) is 26.7 Å². The average Bonchev–Trinajstić information content (AvgIpc) is 2.79. The Morgan fingerprint density at radius 2 is 1.33 bits per heavy atom. The Bertz CT molecular complexity index is 1310. The molecule has 0 atom stereocenters. The highest BCUT2D eigenvalue weighted by Gasteiger charge is 2.21. The van der Waals surface area contributed by atoms with E-state index in [1.54, 1.807) is 0 Å². The number of nitrogens with zero attached hydrogens (tertiary/aromatic N) is 3. The molecule has 0 aliphatic heterocycles. The normalized spacial score (nSPS) is 10.2. The number of hydrogen-bond acceptors (Lipinski definition) is 4. The van der Waals surface area contributed by atoms with Crippen LogP contribution in [0.5, 0.6) is 0 Å². The number of rotatable bonds is 3. The summed E-state index contributed by atoms with van der Waals surface area (Å²) in [5, 5.41) is 19.8. The first-order valence-corrected chi connectivity index (χ1v) is 9.97. The first kappa shape index (κ1) is 19.4. The van der Waals surface area contributed by atoms with Gasteiger partial charge in [0, 0.05) is 15.6 Å². The zero-order valence-corrected chi connectivity index (χ0v) is 17.4. The van der Waals surface area contributed by atoms with Crippen LogP contribution in [0.15, 0.2) is 83.3 Å². The largest absolute Gasteiger partial charge is 0.383 e. The molecule has 0 spiro atoms. The highest BCUT2D eigenvalue weighted by Crippen LogP contribution is 2.37. The number of hydrogen-bond donors (Lipinski definition) is 1. The Labute approximate surface area is 183 Å². The second kappa shape index (κ2) is 8.21. The summed E-state index contributed by atoms with van der Waals surface area (Å²) in [4.78, 5) is 4.39. The van der Waals surface area contributed by atoms with Crippen molar-refractivity contribution in [2.75, 3.05) is 5.73 Å². The van der Waals surface area contributed by atoms with E-state index in [1.807, 2.05) is 78.9 Å². The molecule has 0 unspecified atom stereocenters. The number of nitriles is 2. The van der Waals surface area contributed by atoms with E-state index >= 15 is 0 Å². The summed E-state index contributed by atoms with van der Waals surface area (Å²) in [6.07, 6.45) is 0. The minimum Gasteiger partial charge on any atom is -0.383 e. The molecule has 0 saturated heterocycles. The first-order valence-electron chi connectivity index (χ1n) is 9.18. The van der Waals surface area contributed by atoms with Crippen molar-refractivity contribution in [1.82, 2.24) is 4.98 Å². The van der Waals surface area contributed by atoms with E-state index in [-0.39, 0.29) is 11.4 Å². The Morgan fingerprint density at radius 3 is 2.00 bits per heavy atom. The van der Waals surface area contributed by atoms with Crippen LogP contribution in [-0.4, -0.2) is 4.98 Å². The summed E-state index contributed by atoms with van der Waals surface area (Å²) in [7, 11) is 0. The SMILES string of the molecule is N#Cc1c(N)nc(-c2ccccc2)c(C#N)c1-c1cccc(-c2ccc(Br)cc2)c1. The van der Waals surface area contributed by atoms with Gasteiger partial charge in [-0.05, 0) is 34.9 Å². The molecule has 4 aromatic rings. The third-order valence-electron chi connectivity index (χ3n) is 4.82. The van der Waals surface area contributed by atoms with E-state index in [9.17, 15) is 10.5 Å². The fraction of sp³-hybridized carbons (Fsp3) is 0. The highest BCUT2D eigenvalue weighted by atomic mass is 79.9. The van der Waals surface area contributed by atoms with Gasteiger partial charge in [0.05, 0.1) is 11.3 Å². The minimum absolute atomic E-state index is 0.111. The summed E-state index contributed by atoms with van der Waals surface area (Å²) < 4.78 is 0.996. The molecule has 0 bridgehead atoms. The summed E-state index contributed by atoms with van der Waals surface area (Å²) in [5.74, 6) is 0.111. The number of nitrogens with two attached hydrogens (primary N) is 1. The van der Waals surface area contributed by atoms with E-state index in [4.69, 9.17) is 5.73 Å². The number of aromatic nitrogens is 1. The van der Waals surface area contributed by atoms with Gasteiger partial charge in [0.25, 0.3) is 0 Å². The van der Waals surface area contributed by atoms with Crippen LogP contribution in [0.3, 0.4) is 0 Å². The maximum absolute atomic E-state index is 10.0. The van der Waals surface area contributed by atoms with Crippen LogP contribution < -0.4 is 5.73 Å². The summed E-state index contributed by atoms with van der Waals surface area (Å²) >= 11 is 3.45. The van der Waals surface area contributed by atoms with Gasteiger partial charge in [-0.25, -0.2) is 4.98 Å². The molecule has 5 heteroatoms. The van der Waals surface area contributed by atoms with Crippen molar-refractivity contribution >= 4 is 21.7 Å². The molecule has 0 aliphatic carbocycles. The van der Waals surface area contributed by atoms with Gasteiger partial charge in [-0.3, -0.25) is 0 Å². The van der Waals surface area contributed by atoms with Crippen molar-refractivity contribution in [3.63, 3.8) is 0 Å². The lowest BCUT2D eigenvalue weighted by Crippen LogP contribution is -2.04. The minimum atomic E-state index is 0.111. The quantitative estimate of drug-likeness (QED) is 0.404. The van der Waals surface area contributed by atoms with Crippen molar-refractivity contribution in [3.8, 4) is 45.6 Å². The van der Waals surface area contributed by atoms with Gasteiger partial charge in [0.15, 0.2) is 0 Å². The van der Waals surface area contributed by atoms with E-state index in [2.05, 4.69) is 33.1 Å². The van der Waals surface area contributed by atoms with Crippen molar-refractivity contribution in [2.45, 2.75) is 0 Å². The molecule has 3 aromatic carbocycles. The van der Waals surface area contributed by atoms with E-state index in [1.165, 1.54) is 0 Å². The molecular weight excluding hydrogens is 436 g/mol. The molecule has 0 radical (unpaired) electrons. The van der Waals surface area contributed by atoms with Gasteiger partial charge in [-0.1, -0.05) is 76.6 Å². The second-order valence-electron chi connectivity index (χ2n) is 6.65. The first-order chi connectivity index (χ1) is 14.6. The second-order valence-corrected chi connectivity index (χ2v) is 7.56. The average molecular weight is 451 g/mol. The highest BCUT2D eigenvalue weighted by molar-refractivity contribution is 9.10. The Hall–Kier alpha value is -3.93. The van der Waals surface area contributed by atoms with Crippen molar-refractivity contribution in [2.24, 2.45) is 0 Å². The molecule has 4 rings (SSSR count). The number of anilines is 1. The van der Waals surface area contributed by atoms with Crippen molar-refractivity contribution in [1.29, 1.82) is 10.5 Å². The molecule has 30 heavy (non-hydrogen) atoms. The lowest BCUT2D eigenvalue weighted by atomic mass is 9.91. The molecule has 1 aromatic heterocycles. The predicted octanol–water partition coefficient (Wildman–Crippen LogP) is 6.17. The Morgan fingerprint density at radius 1 is 0.700 bits per heavy atom. The van der Waals surface area contributed by atoms with Gasteiger partial charge in [-0.2, -0.15) is 10.5 Å². The Kier molecular flexibility index (Phi) is 5.30. The van der Waals surface area contributed by atoms with Crippen molar-refractivity contribution < 1.29 is 0 Å².